The van der Waals surface area contributed by atoms with Crippen LogP contribution in [0.2, 0.25) is 0 Å². The molecule has 2 rings (SSSR count). The largest absolute Gasteiger partial charge is 0.389 e. The van der Waals surface area contributed by atoms with E-state index in [2.05, 4.69) is 18.7 Å². The summed E-state index contributed by atoms with van der Waals surface area (Å²) in [6.45, 7) is 8.06. The smallest absolute Gasteiger partial charge is 0.146 e. The molecule has 1 aromatic rings. The highest BCUT2D eigenvalue weighted by Gasteiger charge is 2.21. The first-order valence-corrected chi connectivity index (χ1v) is 7.71. The van der Waals surface area contributed by atoms with Gasteiger partial charge in [0.15, 0.2) is 0 Å². The second-order valence-corrected chi connectivity index (χ2v) is 6.31. The molecule has 0 radical (unpaired) electrons. The highest BCUT2D eigenvalue weighted by atomic mass is 19.1. The van der Waals surface area contributed by atoms with Crippen molar-refractivity contribution in [1.82, 2.24) is 0 Å². The van der Waals surface area contributed by atoms with Crippen molar-refractivity contribution in [1.29, 1.82) is 0 Å². The lowest BCUT2D eigenvalue weighted by molar-refractivity contribution is 0.199. The summed E-state index contributed by atoms with van der Waals surface area (Å²) in [5, 5.41) is 9.51. The highest BCUT2D eigenvalue weighted by molar-refractivity contribution is 5.49. The van der Waals surface area contributed by atoms with Gasteiger partial charge in [-0.15, -0.1) is 0 Å². The Labute approximate surface area is 121 Å². The quantitative estimate of drug-likeness (QED) is 0.898. The summed E-state index contributed by atoms with van der Waals surface area (Å²) < 4.78 is 14.2. The predicted octanol–water partition coefficient (Wildman–Crippen LogP) is 4.14. The van der Waals surface area contributed by atoms with E-state index >= 15 is 0 Å². The van der Waals surface area contributed by atoms with Crippen molar-refractivity contribution in [2.24, 2.45) is 11.8 Å². The third-order valence-electron chi connectivity index (χ3n) is 4.51. The van der Waals surface area contributed by atoms with Crippen molar-refractivity contribution in [3.8, 4) is 0 Å². The minimum Gasteiger partial charge on any atom is -0.389 e. The number of benzene rings is 1. The monoisotopic (exact) mass is 279 g/mol. The molecule has 2 unspecified atom stereocenters. The highest BCUT2D eigenvalue weighted by Crippen LogP contribution is 2.29. The van der Waals surface area contributed by atoms with Crippen LogP contribution in [-0.4, -0.2) is 18.2 Å². The summed E-state index contributed by atoms with van der Waals surface area (Å²) in [7, 11) is 0. The van der Waals surface area contributed by atoms with Crippen LogP contribution >= 0.6 is 0 Å². The van der Waals surface area contributed by atoms with Crippen molar-refractivity contribution < 1.29 is 9.50 Å². The van der Waals surface area contributed by atoms with E-state index in [1.54, 1.807) is 6.92 Å². The maximum Gasteiger partial charge on any atom is 0.146 e. The van der Waals surface area contributed by atoms with Crippen LogP contribution in [0.25, 0.3) is 0 Å². The summed E-state index contributed by atoms with van der Waals surface area (Å²) >= 11 is 0. The maximum atomic E-state index is 14.2. The Hall–Kier alpha value is -1.09. The third-order valence-corrected chi connectivity index (χ3v) is 4.51. The molecule has 2 nitrogen and oxygen atoms in total. The molecule has 0 bridgehead atoms. The Bertz CT molecular complexity index is 445. The average Bonchev–Trinajstić information content (AvgIpc) is 2.64. The van der Waals surface area contributed by atoms with E-state index in [9.17, 15) is 9.50 Å². The molecule has 0 spiro atoms. The number of nitrogens with zero attached hydrogens (tertiary/aromatic N) is 1. The van der Waals surface area contributed by atoms with E-state index < -0.39 is 6.10 Å². The SMILES string of the molecule is CC(O)c1ccc(N2CCCC(C(C)C)CC2)c(F)c1. The van der Waals surface area contributed by atoms with Crippen LogP contribution in [0.15, 0.2) is 18.2 Å². The fourth-order valence-electron chi connectivity index (χ4n) is 3.07. The number of hydrogen-bond donors (Lipinski definition) is 1. The van der Waals surface area contributed by atoms with Gasteiger partial charge >= 0.3 is 0 Å². The lowest BCUT2D eigenvalue weighted by Gasteiger charge is -2.24. The molecule has 2 atom stereocenters. The zero-order valence-corrected chi connectivity index (χ0v) is 12.8. The minimum atomic E-state index is -0.618. The Morgan fingerprint density at radius 3 is 2.55 bits per heavy atom. The molecule has 0 aromatic heterocycles. The lowest BCUT2D eigenvalue weighted by Crippen LogP contribution is -2.25. The van der Waals surface area contributed by atoms with Crippen LogP contribution in [0.5, 0.6) is 0 Å². The van der Waals surface area contributed by atoms with Crippen LogP contribution < -0.4 is 4.90 Å². The molecule has 1 saturated heterocycles. The van der Waals surface area contributed by atoms with Gasteiger partial charge in [0.2, 0.25) is 0 Å². The number of anilines is 1. The Morgan fingerprint density at radius 2 is 1.95 bits per heavy atom. The average molecular weight is 279 g/mol. The summed E-state index contributed by atoms with van der Waals surface area (Å²) in [4.78, 5) is 2.16. The summed E-state index contributed by atoms with van der Waals surface area (Å²) in [5.41, 5.74) is 1.32. The molecule has 112 valence electrons. The molecule has 1 heterocycles. The van der Waals surface area contributed by atoms with Gasteiger partial charge in [-0.25, -0.2) is 4.39 Å². The van der Waals surface area contributed by atoms with E-state index in [1.807, 2.05) is 12.1 Å². The standard InChI is InChI=1S/C17H26FNO/c1-12(2)14-5-4-9-19(10-8-14)17-7-6-15(13(3)20)11-16(17)18/h6-7,11-14,20H,4-5,8-10H2,1-3H3. The number of hydrogen-bond acceptors (Lipinski definition) is 2. The van der Waals surface area contributed by atoms with Crippen molar-refractivity contribution in [2.45, 2.75) is 46.1 Å². The van der Waals surface area contributed by atoms with Gasteiger partial charge in [0.05, 0.1) is 11.8 Å². The van der Waals surface area contributed by atoms with Crippen LogP contribution in [0.1, 0.15) is 51.7 Å². The Morgan fingerprint density at radius 1 is 1.20 bits per heavy atom. The first kappa shape index (κ1) is 15.3. The fraction of sp³-hybridized carbons (Fsp3) is 0.647. The second kappa shape index (κ2) is 6.57. The van der Waals surface area contributed by atoms with Gasteiger partial charge in [0.25, 0.3) is 0 Å². The third kappa shape index (κ3) is 3.51. The molecule has 1 N–H and O–H groups in total. The molecule has 0 saturated carbocycles. The minimum absolute atomic E-state index is 0.216. The van der Waals surface area contributed by atoms with Crippen molar-refractivity contribution >= 4 is 5.69 Å². The van der Waals surface area contributed by atoms with E-state index in [-0.39, 0.29) is 5.82 Å². The zero-order valence-electron chi connectivity index (χ0n) is 12.8. The van der Waals surface area contributed by atoms with Crippen molar-refractivity contribution in [3.63, 3.8) is 0 Å². The van der Waals surface area contributed by atoms with Gasteiger partial charge in [-0.05, 0) is 55.7 Å². The van der Waals surface area contributed by atoms with E-state index in [0.29, 0.717) is 17.2 Å². The number of halogens is 1. The van der Waals surface area contributed by atoms with Crippen LogP contribution in [0, 0.1) is 17.7 Å². The molecular weight excluding hydrogens is 253 g/mol. The maximum absolute atomic E-state index is 14.2. The van der Waals surface area contributed by atoms with Gasteiger partial charge in [0, 0.05) is 13.1 Å². The molecular formula is C17H26FNO. The van der Waals surface area contributed by atoms with Crippen LogP contribution in [-0.2, 0) is 0 Å². The zero-order chi connectivity index (χ0) is 14.7. The van der Waals surface area contributed by atoms with Crippen LogP contribution in [0.4, 0.5) is 10.1 Å². The molecule has 1 fully saturated rings. The molecule has 1 aliphatic heterocycles. The van der Waals surface area contributed by atoms with Gasteiger partial charge in [0.1, 0.15) is 5.82 Å². The number of rotatable bonds is 3. The van der Waals surface area contributed by atoms with Gasteiger partial charge < -0.3 is 10.0 Å². The van der Waals surface area contributed by atoms with E-state index in [1.165, 1.54) is 12.5 Å². The van der Waals surface area contributed by atoms with Gasteiger partial charge in [-0.3, -0.25) is 0 Å². The topological polar surface area (TPSA) is 23.5 Å². The first-order chi connectivity index (χ1) is 9.49. The fourth-order valence-corrected chi connectivity index (χ4v) is 3.07. The van der Waals surface area contributed by atoms with Crippen LogP contribution in [0.3, 0.4) is 0 Å². The normalized spacial score (nSPS) is 21.9. The summed E-state index contributed by atoms with van der Waals surface area (Å²) in [6.07, 6.45) is 2.88. The molecule has 20 heavy (non-hydrogen) atoms. The molecule has 0 aliphatic carbocycles. The molecule has 1 aliphatic rings. The van der Waals surface area contributed by atoms with Crippen molar-refractivity contribution in [2.75, 3.05) is 18.0 Å². The second-order valence-electron chi connectivity index (χ2n) is 6.31. The number of aliphatic hydroxyl groups excluding tert-OH is 1. The lowest BCUT2D eigenvalue weighted by atomic mass is 9.89. The Kier molecular flexibility index (Phi) is 5.03. The van der Waals surface area contributed by atoms with E-state index in [0.717, 1.165) is 31.8 Å². The molecule has 3 heteroatoms. The summed E-state index contributed by atoms with van der Waals surface area (Å²) in [6, 6.07) is 5.10. The predicted molar refractivity (Wildman–Crippen MR) is 81.4 cm³/mol. The Balaban J connectivity index is 2.12. The molecule has 0 amide bonds. The van der Waals surface area contributed by atoms with E-state index in [4.69, 9.17) is 0 Å². The molecule has 1 aromatic carbocycles. The van der Waals surface area contributed by atoms with Crippen molar-refractivity contribution in [3.05, 3.63) is 29.6 Å². The number of aliphatic hydroxyl groups is 1. The van der Waals surface area contributed by atoms with Gasteiger partial charge in [-0.1, -0.05) is 19.9 Å². The van der Waals surface area contributed by atoms with Gasteiger partial charge in [-0.2, -0.15) is 0 Å². The summed E-state index contributed by atoms with van der Waals surface area (Å²) in [5.74, 6) is 1.24. The first-order valence-electron chi connectivity index (χ1n) is 7.71.